The van der Waals surface area contributed by atoms with Crippen molar-refractivity contribution in [3.8, 4) is 0 Å². The molecular formula is C28H32F3N5O3S2. The molecule has 8 nitrogen and oxygen atoms in total. The highest BCUT2D eigenvalue weighted by molar-refractivity contribution is 8.00. The average molecular weight is 608 g/mol. The standard InChI is InChI=1S/C28H32F3N5O3S2/c1-4-8-39-26(37)35-21-12-19(11-20(13-21)28(29,30)31)16-32-25-15-23(36-6-9-38-10-7-36)14-22(34-25)17-40-27-33-18(3)24(5-2)41-27/h4,11-15H,1,5-10,16-17H2,2-3H3,(H,32,34)(H,35,37). The van der Waals surface area contributed by atoms with Gasteiger partial charge in [-0.05, 0) is 43.2 Å². The molecule has 2 aromatic heterocycles. The number of rotatable bonds is 11. The van der Waals surface area contributed by atoms with Crippen molar-refractivity contribution in [3.05, 3.63) is 70.4 Å². The summed E-state index contributed by atoms with van der Waals surface area (Å²) in [7, 11) is 0. The van der Waals surface area contributed by atoms with Crippen LogP contribution in [0.2, 0.25) is 0 Å². The van der Waals surface area contributed by atoms with E-state index in [1.165, 1.54) is 17.0 Å². The third-order valence-electron chi connectivity index (χ3n) is 6.15. The second-order valence-corrected chi connectivity index (χ2v) is 11.5. The van der Waals surface area contributed by atoms with Gasteiger partial charge in [-0.1, -0.05) is 31.3 Å². The number of halogens is 3. The van der Waals surface area contributed by atoms with Gasteiger partial charge in [-0.2, -0.15) is 13.2 Å². The Morgan fingerprint density at radius 2 is 2.00 bits per heavy atom. The van der Waals surface area contributed by atoms with Crippen LogP contribution < -0.4 is 15.5 Å². The zero-order valence-corrected chi connectivity index (χ0v) is 24.5. The van der Waals surface area contributed by atoms with Gasteiger partial charge in [-0.3, -0.25) is 5.32 Å². The Kier molecular flexibility index (Phi) is 10.5. The first-order valence-electron chi connectivity index (χ1n) is 13.1. The van der Waals surface area contributed by atoms with Gasteiger partial charge in [0.25, 0.3) is 0 Å². The molecule has 41 heavy (non-hydrogen) atoms. The molecule has 0 atom stereocenters. The van der Waals surface area contributed by atoms with Crippen molar-refractivity contribution < 1.29 is 27.4 Å². The number of amides is 1. The molecule has 1 aromatic carbocycles. The summed E-state index contributed by atoms with van der Waals surface area (Å²) in [5.74, 6) is 1.12. The highest BCUT2D eigenvalue weighted by Gasteiger charge is 2.31. The zero-order chi connectivity index (χ0) is 29.4. The van der Waals surface area contributed by atoms with Crippen molar-refractivity contribution in [2.75, 3.05) is 48.4 Å². The van der Waals surface area contributed by atoms with Gasteiger partial charge >= 0.3 is 12.3 Å². The van der Waals surface area contributed by atoms with Gasteiger partial charge in [0.1, 0.15) is 12.4 Å². The summed E-state index contributed by atoms with van der Waals surface area (Å²) in [4.78, 5) is 24.8. The van der Waals surface area contributed by atoms with Crippen LogP contribution in [0.1, 0.15) is 34.3 Å². The molecule has 0 unspecified atom stereocenters. The van der Waals surface area contributed by atoms with E-state index in [1.54, 1.807) is 23.1 Å². The van der Waals surface area contributed by atoms with Crippen molar-refractivity contribution in [3.63, 3.8) is 0 Å². The number of aromatic nitrogens is 2. The molecule has 3 heterocycles. The minimum atomic E-state index is -4.60. The fourth-order valence-electron chi connectivity index (χ4n) is 4.18. The number of nitrogens with one attached hydrogen (secondary N) is 2. The smallest absolute Gasteiger partial charge is 0.416 e. The van der Waals surface area contributed by atoms with Gasteiger partial charge < -0.3 is 19.7 Å². The maximum Gasteiger partial charge on any atom is 0.416 e. The molecule has 1 amide bonds. The summed E-state index contributed by atoms with van der Waals surface area (Å²) in [6.45, 7) is 10.2. The fourth-order valence-corrected chi connectivity index (χ4v) is 6.24. The number of ether oxygens (including phenoxy) is 2. The maximum absolute atomic E-state index is 13.6. The number of thiazole rings is 1. The van der Waals surface area contributed by atoms with E-state index in [2.05, 4.69) is 34.0 Å². The van der Waals surface area contributed by atoms with Crippen LogP contribution in [0.25, 0.3) is 0 Å². The van der Waals surface area contributed by atoms with Crippen LogP contribution in [0.15, 0.2) is 47.3 Å². The van der Waals surface area contributed by atoms with Crippen LogP contribution in [-0.4, -0.2) is 49.0 Å². The second-order valence-electron chi connectivity index (χ2n) is 9.21. The lowest BCUT2D eigenvalue weighted by atomic mass is 10.1. The number of pyridine rings is 1. The van der Waals surface area contributed by atoms with E-state index >= 15 is 0 Å². The predicted molar refractivity (Wildman–Crippen MR) is 157 cm³/mol. The van der Waals surface area contributed by atoms with E-state index in [9.17, 15) is 18.0 Å². The number of morpholine rings is 1. The van der Waals surface area contributed by atoms with Crippen LogP contribution in [0.3, 0.4) is 0 Å². The van der Waals surface area contributed by atoms with Crippen molar-refractivity contribution in [1.29, 1.82) is 0 Å². The molecule has 0 bridgehead atoms. The van der Waals surface area contributed by atoms with Gasteiger partial charge in [0, 0.05) is 47.7 Å². The number of aryl methyl sites for hydroxylation is 2. The first-order valence-corrected chi connectivity index (χ1v) is 14.9. The van der Waals surface area contributed by atoms with Gasteiger partial charge in [-0.15, -0.1) is 11.3 Å². The highest BCUT2D eigenvalue weighted by atomic mass is 32.2. The topological polar surface area (TPSA) is 88.6 Å². The molecule has 0 saturated carbocycles. The molecule has 1 saturated heterocycles. The number of carbonyl (C=O) groups excluding carboxylic acids is 1. The Hall–Kier alpha value is -3.29. The molecule has 0 spiro atoms. The van der Waals surface area contributed by atoms with Crippen molar-refractivity contribution in [2.45, 2.75) is 43.1 Å². The Morgan fingerprint density at radius 3 is 2.68 bits per heavy atom. The first kappa shape index (κ1) is 30.7. The Bertz CT molecular complexity index is 1360. The van der Waals surface area contributed by atoms with E-state index in [-0.39, 0.29) is 18.8 Å². The lowest BCUT2D eigenvalue weighted by Gasteiger charge is -2.29. The average Bonchev–Trinajstić information content (AvgIpc) is 3.33. The number of nitrogens with zero attached hydrogens (tertiary/aromatic N) is 3. The number of alkyl halides is 3. The van der Waals surface area contributed by atoms with Crippen molar-refractivity contribution in [1.82, 2.24) is 9.97 Å². The molecule has 3 aromatic rings. The van der Waals surface area contributed by atoms with Gasteiger partial charge in [0.15, 0.2) is 4.34 Å². The molecule has 220 valence electrons. The normalized spacial score (nSPS) is 13.6. The highest BCUT2D eigenvalue weighted by Crippen LogP contribution is 2.33. The van der Waals surface area contributed by atoms with Gasteiger partial charge in [-0.25, -0.2) is 14.8 Å². The number of benzene rings is 1. The number of hydrogen-bond donors (Lipinski definition) is 2. The van der Waals surface area contributed by atoms with E-state index in [1.807, 2.05) is 19.1 Å². The monoisotopic (exact) mass is 607 g/mol. The molecule has 0 aliphatic carbocycles. The van der Waals surface area contributed by atoms with E-state index < -0.39 is 17.8 Å². The van der Waals surface area contributed by atoms with Gasteiger partial charge in [0.2, 0.25) is 0 Å². The van der Waals surface area contributed by atoms with Crippen molar-refractivity contribution in [2.24, 2.45) is 0 Å². The second kappa shape index (κ2) is 14.1. The summed E-state index contributed by atoms with van der Waals surface area (Å²) < 4.78 is 52.2. The molecule has 13 heteroatoms. The largest absolute Gasteiger partial charge is 0.445 e. The summed E-state index contributed by atoms with van der Waals surface area (Å²) in [6, 6.07) is 7.31. The predicted octanol–water partition coefficient (Wildman–Crippen LogP) is 6.90. The van der Waals surface area contributed by atoms with Crippen LogP contribution in [-0.2, 0) is 34.4 Å². The van der Waals surface area contributed by atoms with E-state index in [0.717, 1.165) is 53.1 Å². The quantitative estimate of drug-likeness (QED) is 0.180. The molecule has 2 N–H and O–H groups in total. The SMILES string of the molecule is C=CCOC(=O)Nc1cc(CNc2cc(N3CCOCC3)cc(CSc3nc(C)c(CC)s3)n2)cc(C(F)(F)F)c1. The minimum absolute atomic E-state index is 0.0250. The number of thioether (sulfide) groups is 1. The third kappa shape index (κ3) is 8.85. The summed E-state index contributed by atoms with van der Waals surface area (Å²) in [5.41, 5.74) is 2.24. The molecule has 1 fully saturated rings. The van der Waals surface area contributed by atoms with Gasteiger partial charge in [0.05, 0.1) is 30.2 Å². The van der Waals surface area contributed by atoms with Crippen LogP contribution in [0, 0.1) is 6.92 Å². The van der Waals surface area contributed by atoms with E-state index in [0.29, 0.717) is 30.3 Å². The molecule has 0 radical (unpaired) electrons. The Morgan fingerprint density at radius 1 is 1.22 bits per heavy atom. The molecule has 1 aliphatic rings. The number of anilines is 3. The van der Waals surface area contributed by atoms with E-state index in [4.69, 9.17) is 14.5 Å². The van der Waals surface area contributed by atoms with Crippen LogP contribution >= 0.6 is 23.1 Å². The summed E-state index contributed by atoms with van der Waals surface area (Å²) >= 11 is 3.29. The molecule has 1 aliphatic heterocycles. The lowest BCUT2D eigenvalue weighted by molar-refractivity contribution is -0.137. The Labute approximate surface area is 245 Å². The minimum Gasteiger partial charge on any atom is -0.445 e. The van der Waals surface area contributed by atoms with Crippen LogP contribution in [0.4, 0.5) is 35.2 Å². The first-order chi connectivity index (χ1) is 19.6. The van der Waals surface area contributed by atoms with Crippen molar-refractivity contribution >= 4 is 46.4 Å². The Balaban J connectivity index is 1.55. The fraction of sp³-hybridized carbons (Fsp3) is 0.393. The summed E-state index contributed by atoms with van der Waals surface area (Å²) in [6.07, 6.45) is -3.16. The summed E-state index contributed by atoms with van der Waals surface area (Å²) in [5, 5.41) is 5.53. The number of hydrogen-bond acceptors (Lipinski definition) is 9. The molecular weight excluding hydrogens is 575 g/mol. The zero-order valence-electron chi connectivity index (χ0n) is 22.8. The number of carbonyl (C=O) groups is 1. The maximum atomic E-state index is 13.6. The van der Waals surface area contributed by atoms with Crippen LogP contribution in [0.5, 0.6) is 0 Å². The molecule has 4 rings (SSSR count). The lowest BCUT2D eigenvalue weighted by Crippen LogP contribution is -2.36. The third-order valence-corrected chi connectivity index (χ3v) is 8.63.